The second-order valence-corrected chi connectivity index (χ2v) is 4.65. The zero-order valence-corrected chi connectivity index (χ0v) is 10.2. The molecule has 0 aromatic carbocycles. The van der Waals surface area contributed by atoms with Gasteiger partial charge in [-0.05, 0) is 19.1 Å². The highest BCUT2D eigenvalue weighted by Gasteiger charge is 2.27. The van der Waals surface area contributed by atoms with Gasteiger partial charge in [0, 0.05) is 19.0 Å². The molecule has 1 fully saturated rings. The number of likely N-dealkylation sites (tertiary alicyclic amines) is 1. The average Bonchev–Trinajstić information content (AvgIpc) is 2.78. The van der Waals surface area contributed by atoms with Crippen LogP contribution >= 0.6 is 0 Å². The van der Waals surface area contributed by atoms with Gasteiger partial charge in [0.05, 0.1) is 18.8 Å². The molecule has 1 saturated heterocycles. The summed E-state index contributed by atoms with van der Waals surface area (Å²) in [6.45, 7) is 7.22. The standard InChI is InChI=1S/C13H21N3/c1-2-16-9-5-7-13(16)11-14-10-12-6-3-4-8-15-12/h3-4,6,8,13-14H,2,5,7,9-11H2,1H3/p+2/t13-/m0/s1. The summed E-state index contributed by atoms with van der Waals surface area (Å²) < 4.78 is 0. The number of pyridine rings is 1. The fraction of sp³-hybridized carbons (Fsp3) is 0.615. The molecule has 3 heteroatoms. The zero-order chi connectivity index (χ0) is 11.2. The van der Waals surface area contributed by atoms with Crippen molar-refractivity contribution < 1.29 is 10.2 Å². The third-order valence-electron chi connectivity index (χ3n) is 3.61. The van der Waals surface area contributed by atoms with Crippen molar-refractivity contribution in [2.24, 2.45) is 0 Å². The molecule has 2 rings (SSSR count). The van der Waals surface area contributed by atoms with E-state index in [2.05, 4.69) is 29.4 Å². The topological polar surface area (TPSA) is 33.9 Å². The highest BCUT2D eigenvalue weighted by atomic mass is 15.2. The van der Waals surface area contributed by atoms with Gasteiger partial charge in [0.25, 0.3) is 0 Å². The molecule has 1 unspecified atom stereocenters. The molecule has 0 saturated carbocycles. The van der Waals surface area contributed by atoms with Gasteiger partial charge in [-0.15, -0.1) is 0 Å². The summed E-state index contributed by atoms with van der Waals surface area (Å²) in [7, 11) is 0. The van der Waals surface area contributed by atoms with Crippen LogP contribution in [0, 0.1) is 0 Å². The van der Waals surface area contributed by atoms with Crippen molar-refractivity contribution in [3.8, 4) is 0 Å². The maximum atomic E-state index is 4.34. The number of nitrogens with one attached hydrogen (secondary N) is 1. The number of nitrogens with zero attached hydrogens (tertiary/aromatic N) is 1. The van der Waals surface area contributed by atoms with Crippen LogP contribution in [0.3, 0.4) is 0 Å². The lowest BCUT2D eigenvalue weighted by atomic mass is 10.2. The molecule has 0 amide bonds. The lowest BCUT2D eigenvalue weighted by molar-refractivity contribution is -0.925. The van der Waals surface area contributed by atoms with Crippen molar-refractivity contribution in [2.45, 2.75) is 32.4 Å². The molecular weight excluding hydrogens is 198 g/mol. The molecule has 0 radical (unpaired) electrons. The summed E-state index contributed by atoms with van der Waals surface area (Å²) in [6, 6.07) is 7.02. The van der Waals surface area contributed by atoms with Crippen LogP contribution in [0.4, 0.5) is 0 Å². The minimum Gasteiger partial charge on any atom is -0.336 e. The second-order valence-electron chi connectivity index (χ2n) is 4.65. The van der Waals surface area contributed by atoms with Gasteiger partial charge >= 0.3 is 0 Å². The summed E-state index contributed by atoms with van der Waals surface area (Å²) in [5.41, 5.74) is 1.19. The van der Waals surface area contributed by atoms with E-state index in [0.29, 0.717) is 0 Å². The van der Waals surface area contributed by atoms with E-state index in [0.717, 1.165) is 12.6 Å². The van der Waals surface area contributed by atoms with Gasteiger partial charge in [0.2, 0.25) is 0 Å². The summed E-state index contributed by atoms with van der Waals surface area (Å²) in [5, 5.41) is 2.41. The Balaban J connectivity index is 1.72. The largest absolute Gasteiger partial charge is 0.336 e. The van der Waals surface area contributed by atoms with Crippen molar-refractivity contribution in [1.82, 2.24) is 4.98 Å². The van der Waals surface area contributed by atoms with Crippen LogP contribution in [0.5, 0.6) is 0 Å². The molecule has 1 aromatic rings. The Morgan fingerprint density at radius 1 is 1.50 bits per heavy atom. The summed E-state index contributed by atoms with van der Waals surface area (Å²) in [5.74, 6) is 0. The minimum atomic E-state index is 0.869. The van der Waals surface area contributed by atoms with Gasteiger partial charge in [0.15, 0.2) is 0 Å². The van der Waals surface area contributed by atoms with Gasteiger partial charge in [-0.25, -0.2) is 0 Å². The van der Waals surface area contributed by atoms with Gasteiger partial charge in [0.1, 0.15) is 19.1 Å². The Labute approximate surface area is 97.9 Å². The molecule has 1 aromatic heterocycles. The van der Waals surface area contributed by atoms with Crippen molar-refractivity contribution in [3.05, 3.63) is 30.1 Å². The van der Waals surface area contributed by atoms with E-state index >= 15 is 0 Å². The molecule has 0 bridgehead atoms. The normalized spacial score (nSPS) is 24.8. The monoisotopic (exact) mass is 221 g/mol. The predicted molar refractivity (Wildman–Crippen MR) is 64.1 cm³/mol. The quantitative estimate of drug-likeness (QED) is 0.671. The Hall–Kier alpha value is -0.930. The highest BCUT2D eigenvalue weighted by Crippen LogP contribution is 1.97. The Morgan fingerprint density at radius 3 is 3.19 bits per heavy atom. The van der Waals surface area contributed by atoms with Crippen LogP contribution in [-0.2, 0) is 6.54 Å². The molecule has 2 heterocycles. The molecular formula is C13H23N3+2. The van der Waals surface area contributed by atoms with Crippen LogP contribution in [0.25, 0.3) is 0 Å². The number of likely N-dealkylation sites (N-methyl/N-ethyl adjacent to an activating group) is 1. The van der Waals surface area contributed by atoms with E-state index in [-0.39, 0.29) is 0 Å². The van der Waals surface area contributed by atoms with Crippen LogP contribution in [-0.4, -0.2) is 30.7 Å². The van der Waals surface area contributed by atoms with Crippen molar-refractivity contribution >= 4 is 0 Å². The number of aromatic nitrogens is 1. The molecule has 0 aliphatic carbocycles. The second kappa shape index (κ2) is 5.97. The van der Waals surface area contributed by atoms with Gasteiger partial charge in [-0.3, -0.25) is 4.98 Å². The first-order valence-corrected chi connectivity index (χ1v) is 6.46. The first kappa shape index (κ1) is 11.6. The Morgan fingerprint density at radius 2 is 2.44 bits per heavy atom. The lowest BCUT2D eigenvalue weighted by Crippen LogP contribution is -3.16. The molecule has 0 spiro atoms. The fourth-order valence-corrected chi connectivity index (χ4v) is 2.69. The van der Waals surface area contributed by atoms with Crippen molar-refractivity contribution in [3.63, 3.8) is 0 Å². The maximum absolute atomic E-state index is 4.34. The molecule has 3 N–H and O–H groups in total. The predicted octanol–water partition coefficient (Wildman–Crippen LogP) is -0.788. The lowest BCUT2D eigenvalue weighted by Gasteiger charge is -2.18. The summed E-state index contributed by atoms with van der Waals surface area (Å²) >= 11 is 0. The first-order valence-electron chi connectivity index (χ1n) is 6.46. The SMILES string of the molecule is CC[NH+]1CCC[C@H]1C[NH2+]Cc1ccccn1. The molecule has 3 nitrogen and oxygen atoms in total. The highest BCUT2D eigenvalue weighted by molar-refractivity contribution is 5.01. The third kappa shape index (κ3) is 3.03. The first-order chi connectivity index (χ1) is 7.90. The van der Waals surface area contributed by atoms with E-state index in [9.17, 15) is 0 Å². The van der Waals surface area contributed by atoms with E-state index in [1.807, 2.05) is 12.3 Å². The van der Waals surface area contributed by atoms with E-state index < -0.39 is 0 Å². The number of nitrogens with two attached hydrogens (primary N) is 1. The number of hydrogen-bond acceptors (Lipinski definition) is 1. The van der Waals surface area contributed by atoms with Crippen molar-refractivity contribution in [1.29, 1.82) is 0 Å². The Bertz CT molecular complexity index is 299. The van der Waals surface area contributed by atoms with E-state index in [1.165, 1.54) is 38.2 Å². The molecule has 88 valence electrons. The maximum Gasteiger partial charge on any atom is 0.137 e. The van der Waals surface area contributed by atoms with Crippen LogP contribution < -0.4 is 10.2 Å². The minimum absolute atomic E-state index is 0.869. The average molecular weight is 221 g/mol. The third-order valence-corrected chi connectivity index (χ3v) is 3.61. The molecule has 1 aliphatic rings. The summed E-state index contributed by atoms with van der Waals surface area (Å²) in [6.07, 6.45) is 4.69. The molecule has 2 atom stereocenters. The van der Waals surface area contributed by atoms with Crippen LogP contribution in [0.1, 0.15) is 25.5 Å². The number of quaternary nitrogens is 2. The van der Waals surface area contributed by atoms with Gasteiger partial charge in [-0.2, -0.15) is 0 Å². The van der Waals surface area contributed by atoms with Crippen molar-refractivity contribution in [2.75, 3.05) is 19.6 Å². The zero-order valence-electron chi connectivity index (χ0n) is 10.2. The summed E-state index contributed by atoms with van der Waals surface area (Å²) in [4.78, 5) is 6.13. The van der Waals surface area contributed by atoms with Crippen LogP contribution in [0.15, 0.2) is 24.4 Å². The smallest absolute Gasteiger partial charge is 0.137 e. The number of rotatable bonds is 5. The van der Waals surface area contributed by atoms with Gasteiger partial charge < -0.3 is 10.2 Å². The molecule has 1 aliphatic heterocycles. The number of hydrogen-bond donors (Lipinski definition) is 2. The van der Waals surface area contributed by atoms with Crippen LogP contribution in [0.2, 0.25) is 0 Å². The van der Waals surface area contributed by atoms with E-state index in [1.54, 1.807) is 4.90 Å². The van der Waals surface area contributed by atoms with E-state index in [4.69, 9.17) is 0 Å². The Kier molecular flexibility index (Phi) is 4.31. The van der Waals surface area contributed by atoms with Gasteiger partial charge in [-0.1, -0.05) is 6.07 Å². The molecule has 16 heavy (non-hydrogen) atoms. The fourth-order valence-electron chi connectivity index (χ4n) is 2.69.